The standard InChI is InChI=1S/C15H18N2O3/c1-2-19-12-15(18)20-11-14-16-8-9-17(14)10-13-6-4-3-5-7-13/h3-9H,2,10-12H2,1H3. The molecule has 0 spiro atoms. The van der Waals surface area contributed by atoms with Crippen LogP contribution in [0.5, 0.6) is 0 Å². The van der Waals surface area contributed by atoms with Gasteiger partial charge in [0.25, 0.3) is 0 Å². The van der Waals surface area contributed by atoms with E-state index in [2.05, 4.69) is 4.98 Å². The molecule has 0 atom stereocenters. The van der Waals surface area contributed by atoms with Crippen LogP contribution in [0.25, 0.3) is 0 Å². The second-order valence-electron chi connectivity index (χ2n) is 4.25. The van der Waals surface area contributed by atoms with Crippen molar-refractivity contribution < 1.29 is 14.3 Å². The number of carbonyl (C=O) groups is 1. The molecule has 5 heteroatoms. The van der Waals surface area contributed by atoms with Gasteiger partial charge >= 0.3 is 5.97 Å². The third-order valence-corrected chi connectivity index (χ3v) is 2.78. The molecule has 1 aromatic carbocycles. The topological polar surface area (TPSA) is 53.4 Å². The van der Waals surface area contributed by atoms with E-state index in [-0.39, 0.29) is 19.2 Å². The Labute approximate surface area is 118 Å². The van der Waals surface area contributed by atoms with E-state index in [1.807, 2.05) is 48.0 Å². The van der Waals surface area contributed by atoms with E-state index in [1.54, 1.807) is 6.20 Å². The average Bonchev–Trinajstić information content (AvgIpc) is 2.91. The maximum atomic E-state index is 11.4. The molecule has 0 aliphatic rings. The van der Waals surface area contributed by atoms with Crippen LogP contribution in [0, 0.1) is 0 Å². The van der Waals surface area contributed by atoms with Gasteiger partial charge in [-0.25, -0.2) is 9.78 Å². The van der Waals surface area contributed by atoms with Gasteiger partial charge in [0.2, 0.25) is 0 Å². The molecule has 0 bridgehead atoms. The van der Waals surface area contributed by atoms with Gasteiger partial charge in [0.15, 0.2) is 0 Å². The Morgan fingerprint density at radius 2 is 2.10 bits per heavy atom. The van der Waals surface area contributed by atoms with Gasteiger partial charge in [0, 0.05) is 25.5 Å². The van der Waals surface area contributed by atoms with Gasteiger partial charge in [-0.2, -0.15) is 0 Å². The van der Waals surface area contributed by atoms with Crippen LogP contribution < -0.4 is 0 Å². The highest BCUT2D eigenvalue weighted by Crippen LogP contribution is 2.06. The lowest BCUT2D eigenvalue weighted by Gasteiger charge is -2.08. The molecule has 0 aliphatic carbocycles. The third kappa shape index (κ3) is 4.20. The number of hydrogen-bond donors (Lipinski definition) is 0. The summed E-state index contributed by atoms with van der Waals surface area (Å²) in [7, 11) is 0. The SMILES string of the molecule is CCOCC(=O)OCc1nccn1Cc1ccccc1. The monoisotopic (exact) mass is 274 g/mol. The molecular weight excluding hydrogens is 256 g/mol. The van der Waals surface area contributed by atoms with Crippen molar-refractivity contribution in [2.24, 2.45) is 0 Å². The van der Waals surface area contributed by atoms with Crippen molar-refractivity contribution in [1.29, 1.82) is 0 Å². The van der Waals surface area contributed by atoms with Crippen molar-refractivity contribution in [3.8, 4) is 0 Å². The highest BCUT2D eigenvalue weighted by Gasteiger charge is 2.07. The van der Waals surface area contributed by atoms with E-state index in [0.717, 1.165) is 5.82 Å². The first kappa shape index (κ1) is 14.3. The summed E-state index contributed by atoms with van der Waals surface area (Å²) >= 11 is 0. The fourth-order valence-electron chi connectivity index (χ4n) is 1.78. The summed E-state index contributed by atoms with van der Waals surface area (Å²) in [6.07, 6.45) is 3.58. The molecule has 0 N–H and O–H groups in total. The number of imidazole rings is 1. The Morgan fingerprint density at radius 3 is 2.85 bits per heavy atom. The fourth-order valence-corrected chi connectivity index (χ4v) is 1.78. The summed E-state index contributed by atoms with van der Waals surface area (Å²) in [5.74, 6) is 0.347. The Morgan fingerprint density at radius 1 is 1.30 bits per heavy atom. The molecule has 2 rings (SSSR count). The van der Waals surface area contributed by atoms with E-state index in [0.29, 0.717) is 13.2 Å². The van der Waals surface area contributed by atoms with Gasteiger partial charge in [-0.1, -0.05) is 30.3 Å². The molecule has 20 heavy (non-hydrogen) atoms. The van der Waals surface area contributed by atoms with Crippen molar-refractivity contribution in [3.63, 3.8) is 0 Å². The lowest BCUT2D eigenvalue weighted by molar-refractivity contribution is -0.150. The number of aromatic nitrogens is 2. The maximum Gasteiger partial charge on any atom is 0.332 e. The summed E-state index contributed by atoms with van der Waals surface area (Å²) in [6.45, 7) is 3.18. The van der Waals surface area contributed by atoms with Crippen LogP contribution in [0.3, 0.4) is 0 Å². The van der Waals surface area contributed by atoms with Crippen LogP contribution >= 0.6 is 0 Å². The zero-order valence-corrected chi connectivity index (χ0v) is 11.5. The Balaban J connectivity index is 1.90. The van der Waals surface area contributed by atoms with Crippen LogP contribution in [0.4, 0.5) is 0 Å². The van der Waals surface area contributed by atoms with E-state index >= 15 is 0 Å². The minimum atomic E-state index is -0.374. The first-order valence-corrected chi connectivity index (χ1v) is 6.57. The fraction of sp³-hybridized carbons (Fsp3) is 0.333. The van der Waals surface area contributed by atoms with E-state index < -0.39 is 0 Å². The smallest absolute Gasteiger partial charge is 0.332 e. The number of carbonyl (C=O) groups excluding carboxylic acids is 1. The zero-order chi connectivity index (χ0) is 14.2. The molecule has 0 aliphatic heterocycles. The van der Waals surface area contributed by atoms with Crippen molar-refractivity contribution in [1.82, 2.24) is 9.55 Å². The quantitative estimate of drug-likeness (QED) is 0.725. The highest BCUT2D eigenvalue weighted by atomic mass is 16.6. The maximum absolute atomic E-state index is 11.4. The second-order valence-corrected chi connectivity index (χ2v) is 4.25. The van der Waals surface area contributed by atoms with Crippen molar-refractivity contribution in [3.05, 3.63) is 54.1 Å². The number of benzene rings is 1. The van der Waals surface area contributed by atoms with Crippen LogP contribution in [-0.2, 0) is 27.4 Å². The summed E-state index contributed by atoms with van der Waals surface area (Å²) in [5.41, 5.74) is 1.17. The van der Waals surface area contributed by atoms with E-state index in [9.17, 15) is 4.79 Å². The van der Waals surface area contributed by atoms with Crippen LogP contribution in [0.1, 0.15) is 18.3 Å². The lowest BCUT2D eigenvalue weighted by Crippen LogP contribution is -2.14. The Kier molecular flexibility index (Phi) is 5.32. The predicted molar refractivity (Wildman–Crippen MR) is 74.1 cm³/mol. The summed E-state index contributed by atoms with van der Waals surface area (Å²) in [4.78, 5) is 15.6. The van der Waals surface area contributed by atoms with E-state index in [1.165, 1.54) is 5.56 Å². The molecule has 0 fully saturated rings. The van der Waals surface area contributed by atoms with Gasteiger partial charge in [0.05, 0.1) is 0 Å². The van der Waals surface area contributed by atoms with Gasteiger partial charge < -0.3 is 14.0 Å². The molecule has 1 heterocycles. The average molecular weight is 274 g/mol. The number of hydrogen-bond acceptors (Lipinski definition) is 4. The normalized spacial score (nSPS) is 10.4. The van der Waals surface area contributed by atoms with Gasteiger partial charge in [0.1, 0.15) is 19.0 Å². The van der Waals surface area contributed by atoms with Crippen molar-refractivity contribution in [2.45, 2.75) is 20.1 Å². The molecule has 2 aromatic rings. The molecule has 0 saturated heterocycles. The van der Waals surface area contributed by atoms with Crippen LogP contribution in [0.15, 0.2) is 42.7 Å². The minimum absolute atomic E-state index is 0.0180. The summed E-state index contributed by atoms with van der Waals surface area (Å²) in [5, 5.41) is 0. The number of esters is 1. The number of ether oxygens (including phenoxy) is 2. The first-order valence-electron chi connectivity index (χ1n) is 6.57. The van der Waals surface area contributed by atoms with Gasteiger partial charge in [-0.15, -0.1) is 0 Å². The zero-order valence-electron chi connectivity index (χ0n) is 11.5. The molecule has 0 saturated carbocycles. The molecule has 0 unspecified atom stereocenters. The Bertz CT molecular complexity index is 537. The molecule has 106 valence electrons. The highest BCUT2D eigenvalue weighted by molar-refractivity contribution is 5.70. The van der Waals surface area contributed by atoms with Gasteiger partial charge in [-0.05, 0) is 12.5 Å². The molecule has 1 aromatic heterocycles. The van der Waals surface area contributed by atoms with Crippen LogP contribution in [-0.4, -0.2) is 28.7 Å². The van der Waals surface area contributed by atoms with E-state index in [4.69, 9.17) is 9.47 Å². The Hall–Kier alpha value is -2.14. The third-order valence-electron chi connectivity index (χ3n) is 2.78. The van der Waals surface area contributed by atoms with Crippen LogP contribution in [0.2, 0.25) is 0 Å². The van der Waals surface area contributed by atoms with Crippen molar-refractivity contribution in [2.75, 3.05) is 13.2 Å². The summed E-state index contributed by atoms with van der Waals surface area (Å²) < 4.78 is 12.1. The van der Waals surface area contributed by atoms with Crippen molar-refractivity contribution >= 4 is 5.97 Å². The predicted octanol–water partition coefficient (Wildman–Crippen LogP) is 2.01. The largest absolute Gasteiger partial charge is 0.456 e. The minimum Gasteiger partial charge on any atom is -0.456 e. The first-order chi connectivity index (χ1) is 9.79. The second kappa shape index (κ2) is 7.45. The lowest BCUT2D eigenvalue weighted by atomic mass is 10.2. The number of nitrogens with zero attached hydrogens (tertiary/aromatic N) is 2. The molecule has 0 radical (unpaired) electrons. The summed E-state index contributed by atoms with van der Waals surface area (Å²) in [6, 6.07) is 10.1. The number of rotatable bonds is 7. The van der Waals surface area contributed by atoms with Gasteiger partial charge in [-0.3, -0.25) is 0 Å². The molecular formula is C15H18N2O3. The molecule has 5 nitrogen and oxygen atoms in total. The molecule has 0 amide bonds.